The van der Waals surface area contributed by atoms with Gasteiger partial charge in [-0.1, -0.05) is 37.3 Å². The summed E-state index contributed by atoms with van der Waals surface area (Å²) < 4.78 is 0. The molecule has 0 radical (unpaired) electrons. The number of benzene rings is 1. The first kappa shape index (κ1) is 12.2. The van der Waals surface area contributed by atoms with Crippen LogP contribution in [0.4, 0.5) is 0 Å². The quantitative estimate of drug-likeness (QED) is 0.876. The molecule has 2 aliphatic rings. The van der Waals surface area contributed by atoms with Crippen LogP contribution in [0.5, 0.6) is 0 Å². The number of nitrogens with one attached hydrogen (secondary N) is 1. The Kier molecular flexibility index (Phi) is 3.40. The molecule has 3 rings (SSSR count). The molecule has 1 aliphatic heterocycles. The minimum absolute atomic E-state index is 0.614. The van der Waals surface area contributed by atoms with E-state index >= 15 is 0 Å². The van der Waals surface area contributed by atoms with Gasteiger partial charge in [0.1, 0.15) is 0 Å². The van der Waals surface area contributed by atoms with Gasteiger partial charge in [-0.15, -0.1) is 0 Å². The SMILES string of the molecule is CCNC1CC12CCCN(Cc1ccccc1)C2. The first-order valence-corrected chi connectivity index (χ1v) is 7.32. The van der Waals surface area contributed by atoms with Gasteiger partial charge in [0.25, 0.3) is 0 Å². The highest BCUT2D eigenvalue weighted by Gasteiger charge is 2.54. The molecule has 2 heteroatoms. The largest absolute Gasteiger partial charge is 0.314 e. The van der Waals surface area contributed by atoms with Gasteiger partial charge < -0.3 is 5.32 Å². The molecular weight excluding hydrogens is 220 g/mol. The third kappa shape index (κ3) is 2.45. The average Bonchev–Trinajstić information content (AvgIpc) is 3.03. The second-order valence-electron chi connectivity index (χ2n) is 5.98. The zero-order valence-electron chi connectivity index (χ0n) is 11.4. The monoisotopic (exact) mass is 244 g/mol. The topological polar surface area (TPSA) is 15.3 Å². The van der Waals surface area contributed by atoms with Gasteiger partial charge >= 0.3 is 0 Å². The van der Waals surface area contributed by atoms with Crippen LogP contribution in [0.15, 0.2) is 30.3 Å². The Bertz CT molecular complexity index is 389. The molecule has 1 heterocycles. The lowest BCUT2D eigenvalue weighted by molar-refractivity contribution is 0.147. The van der Waals surface area contributed by atoms with Gasteiger partial charge in [-0.3, -0.25) is 4.90 Å². The van der Waals surface area contributed by atoms with Gasteiger partial charge in [0.2, 0.25) is 0 Å². The molecule has 18 heavy (non-hydrogen) atoms. The van der Waals surface area contributed by atoms with Crippen LogP contribution in [0.1, 0.15) is 31.7 Å². The van der Waals surface area contributed by atoms with E-state index in [9.17, 15) is 0 Å². The van der Waals surface area contributed by atoms with Crippen LogP contribution in [-0.4, -0.2) is 30.6 Å². The lowest BCUT2D eigenvalue weighted by Gasteiger charge is -2.34. The second-order valence-corrected chi connectivity index (χ2v) is 5.98. The number of nitrogens with zero attached hydrogens (tertiary/aromatic N) is 1. The van der Waals surface area contributed by atoms with Crippen LogP contribution in [0, 0.1) is 5.41 Å². The fourth-order valence-electron chi connectivity index (χ4n) is 3.57. The van der Waals surface area contributed by atoms with E-state index in [0.717, 1.165) is 19.1 Å². The van der Waals surface area contributed by atoms with Crippen molar-refractivity contribution in [1.29, 1.82) is 0 Å². The molecule has 98 valence electrons. The van der Waals surface area contributed by atoms with Crippen LogP contribution in [0.2, 0.25) is 0 Å². The number of likely N-dealkylation sites (tertiary alicyclic amines) is 1. The minimum Gasteiger partial charge on any atom is -0.314 e. The molecule has 1 spiro atoms. The number of hydrogen-bond acceptors (Lipinski definition) is 2. The zero-order valence-corrected chi connectivity index (χ0v) is 11.4. The summed E-state index contributed by atoms with van der Waals surface area (Å²) in [5.41, 5.74) is 2.07. The molecule has 1 aromatic carbocycles. The molecule has 1 aliphatic carbocycles. The lowest BCUT2D eigenvalue weighted by atomic mass is 9.93. The van der Waals surface area contributed by atoms with E-state index in [4.69, 9.17) is 0 Å². The summed E-state index contributed by atoms with van der Waals surface area (Å²) in [5.74, 6) is 0. The van der Waals surface area contributed by atoms with Gasteiger partial charge in [-0.2, -0.15) is 0 Å². The maximum atomic E-state index is 3.64. The predicted molar refractivity (Wildman–Crippen MR) is 75.5 cm³/mol. The average molecular weight is 244 g/mol. The van der Waals surface area contributed by atoms with Crippen LogP contribution < -0.4 is 5.32 Å². The summed E-state index contributed by atoms with van der Waals surface area (Å²) in [6.07, 6.45) is 4.19. The smallest absolute Gasteiger partial charge is 0.0233 e. The van der Waals surface area contributed by atoms with Crippen molar-refractivity contribution in [2.75, 3.05) is 19.6 Å². The highest BCUT2D eigenvalue weighted by atomic mass is 15.2. The van der Waals surface area contributed by atoms with Gasteiger partial charge in [0, 0.05) is 19.1 Å². The maximum absolute atomic E-state index is 3.64. The molecule has 0 bridgehead atoms. The van der Waals surface area contributed by atoms with Gasteiger partial charge in [-0.05, 0) is 43.3 Å². The minimum atomic E-state index is 0.614. The summed E-state index contributed by atoms with van der Waals surface area (Å²) in [6.45, 7) is 7.03. The van der Waals surface area contributed by atoms with Crippen molar-refractivity contribution in [1.82, 2.24) is 10.2 Å². The van der Waals surface area contributed by atoms with E-state index in [1.165, 1.54) is 37.9 Å². The lowest BCUT2D eigenvalue weighted by Crippen LogP contribution is -2.39. The van der Waals surface area contributed by atoms with Crippen molar-refractivity contribution in [3.63, 3.8) is 0 Å². The normalized spacial score (nSPS) is 31.7. The van der Waals surface area contributed by atoms with Crippen molar-refractivity contribution < 1.29 is 0 Å². The Labute approximate surface area is 110 Å². The van der Waals surface area contributed by atoms with E-state index in [1.807, 2.05) is 0 Å². The van der Waals surface area contributed by atoms with E-state index in [1.54, 1.807) is 0 Å². The molecule has 2 unspecified atom stereocenters. The van der Waals surface area contributed by atoms with Crippen molar-refractivity contribution in [3.05, 3.63) is 35.9 Å². The molecule has 1 saturated carbocycles. The highest BCUT2D eigenvalue weighted by molar-refractivity contribution is 5.16. The standard InChI is InChI=1S/C16H24N2/c1-2-17-15-11-16(15)9-6-10-18(13-16)12-14-7-4-3-5-8-14/h3-5,7-8,15,17H,2,6,9-13H2,1H3. The predicted octanol–water partition coefficient (Wildman–Crippen LogP) is 2.65. The van der Waals surface area contributed by atoms with E-state index in [2.05, 4.69) is 47.5 Å². The first-order valence-electron chi connectivity index (χ1n) is 7.32. The van der Waals surface area contributed by atoms with Crippen molar-refractivity contribution >= 4 is 0 Å². The summed E-state index contributed by atoms with van der Waals surface area (Å²) in [4.78, 5) is 2.65. The van der Waals surface area contributed by atoms with Crippen LogP contribution in [-0.2, 0) is 6.54 Å². The maximum Gasteiger partial charge on any atom is 0.0233 e. The highest BCUT2D eigenvalue weighted by Crippen LogP contribution is 2.52. The van der Waals surface area contributed by atoms with Gasteiger partial charge in [0.05, 0.1) is 0 Å². The third-order valence-electron chi connectivity index (χ3n) is 4.58. The summed E-state index contributed by atoms with van der Waals surface area (Å²) in [6, 6.07) is 11.7. The molecule has 1 aromatic rings. The van der Waals surface area contributed by atoms with Crippen molar-refractivity contribution in [2.24, 2.45) is 5.41 Å². The zero-order chi connectivity index (χ0) is 12.4. The Morgan fingerprint density at radius 1 is 1.33 bits per heavy atom. The molecule has 0 amide bonds. The summed E-state index contributed by atoms with van der Waals surface area (Å²) in [7, 11) is 0. The Morgan fingerprint density at radius 2 is 2.17 bits per heavy atom. The fourth-order valence-corrected chi connectivity index (χ4v) is 3.57. The van der Waals surface area contributed by atoms with Crippen molar-refractivity contribution in [2.45, 2.75) is 38.8 Å². The molecular formula is C16H24N2. The molecule has 0 aromatic heterocycles. The molecule has 2 fully saturated rings. The number of rotatable bonds is 4. The molecule has 1 N–H and O–H groups in total. The third-order valence-corrected chi connectivity index (χ3v) is 4.58. The Balaban J connectivity index is 1.59. The fraction of sp³-hybridized carbons (Fsp3) is 0.625. The second kappa shape index (κ2) is 5.02. The summed E-state index contributed by atoms with van der Waals surface area (Å²) in [5, 5.41) is 3.64. The van der Waals surface area contributed by atoms with E-state index in [0.29, 0.717) is 5.41 Å². The first-order chi connectivity index (χ1) is 8.82. The Hall–Kier alpha value is -0.860. The van der Waals surface area contributed by atoms with E-state index < -0.39 is 0 Å². The molecule has 2 atom stereocenters. The van der Waals surface area contributed by atoms with Crippen LogP contribution in [0.3, 0.4) is 0 Å². The van der Waals surface area contributed by atoms with Crippen LogP contribution in [0.25, 0.3) is 0 Å². The number of hydrogen-bond donors (Lipinski definition) is 1. The Morgan fingerprint density at radius 3 is 2.94 bits per heavy atom. The van der Waals surface area contributed by atoms with E-state index in [-0.39, 0.29) is 0 Å². The molecule has 1 saturated heterocycles. The van der Waals surface area contributed by atoms with Crippen LogP contribution >= 0.6 is 0 Å². The van der Waals surface area contributed by atoms with Gasteiger partial charge in [-0.25, -0.2) is 0 Å². The summed E-state index contributed by atoms with van der Waals surface area (Å²) >= 11 is 0. The number of piperidine rings is 1. The molecule has 2 nitrogen and oxygen atoms in total. The van der Waals surface area contributed by atoms with Gasteiger partial charge in [0.15, 0.2) is 0 Å². The van der Waals surface area contributed by atoms with Crippen molar-refractivity contribution in [3.8, 4) is 0 Å².